The Hall–Kier alpha value is -0.990. The van der Waals surface area contributed by atoms with E-state index in [0.29, 0.717) is 9.26 Å². The van der Waals surface area contributed by atoms with E-state index in [-0.39, 0.29) is 17.8 Å². The first-order chi connectivity index (χ1) is 7.45. The van der Waals surface area contributed by atoms with Gasteiger partial charge < -0.3 is 10.5 Å². The summed E-state index contributed by atoms with van der Waals surface area (Å²) in [7, 11) is 1.23. The van der Waals surface area contributed by atoms with Gasteiger partial charge in [0.05, 0.1) is 19.1 Å². The van der Waals surface area contributed by atoms with Crippen molar-refractivity contribution in [1.29, 1.82) is 0 Å². The normalized spacial score (nSPS) is 10.6. The number of halogens is 3. The van der Waals surface area contributed by atoms with Gasteiger partial charge in [0.1, 0.15) is 9.52 Å². The monoisotopic (exact) mass is 342 g/mol. The van der Waals surface area contributed by atoms with Crippen molar-refractivity contribution >= 4 is 34.4 Å². The van der Waals surface area contributed by atoms with Crippen LogP contribution in [0.25, 0.3) is 0 Å². The SMILES string of the molecule is COC(=O)Cc1cc(C(F)F)c(N)nc1I. The van der Waals surface area contributed by atoms with Crippen LogP contribution >= 0.6 is 22.6 Å². The molecule has 0 aromatic carbocycles. The smallest absolute Gasteiger partial charge is 0.310 e. The fourth-order valence-corrected chi connectivity index (χ4v) is 1.70. The first-order valence-corrected chi connectivity index (χ1v) is 5.33. The highest BCUT2D eigenvalue weighted by Crippen LogP contribution is 2.26. The number of carbonyl (C=O) groups is 1. The lowest BCUT2D eigenvalue weighted by Gasteiger charge is -2.08. The Kier molecular flexibility index (Phi) is 4.39. The maximum Gasteiger partial charge on any atom is 0.310 e. The van der Waals surface area contributed by atoms with Crippen molar-refractivity contribution in [2.45, 2.75) is 12.8 Å². The largest absolute Gasteiger partial charge is 0.469 e. The molecule has 0 atom stereocenters. The second-order valence-corrected chi connectivity index (χ2v) is 3.99. The van der Waals surface area contributed by atoms with Crippen LogP contribution in [0.1, 0.15) is 17.6 Å². The first-order valence-electron chi connectivity index (χ1n) is 4.25. The van der Waals surface area contributed by atoms with Crippen molar-refractivity contribution in [2.75, 3.05) is 12.8 Å². The molecule has 0 radical (unpaired) electrons. The lowest BCUT2D eigenvalue weighted by molar-refractivity contribution is -0.139. The molecule has 1 heterocycles. The van der Waals surface area contributed by atoms with Crippen LogP contribution in [0.15, 0.2) is 6.07 Å². The summed E-state index contributed by atoms with van der Waals surface area (Å²) in [6.45, 7) is 0. The highest BCUT2D eigenvalue weighted by molar-refractivity contribution is 14.1. The van der Waals surface area contributed by atoms with Crippen molar-refractivity contribution in [3.8, 4) is 0 Å². The molecule has 0 fully saturated rings. The second-order valence-electron chi connectivity index (χ2n) is 2.97. The third-order valence-corrected chi connectivity index (χ3v) is 2.84. The fourth-order valence-electron chi connectivity index (χ4n) is 1.09. The molecule has 0 unspecified atom stereocenters. The zero-order valence-corrected chi connectivity index (χ0v) is 10.5. The lowest BCUT2D eigenvalue weighted by Crippen LogP contribution is -2.09. The van der Waals surface area contributed by atoms with Crippen LogP contribution in [-0.2, 0) is 16.0 Å². The average molecular weight is 342 g/mol. The molecular formula is C9H9F2IN2O2. The molecule has 0 aliphatic rings. The van der Waals surface area contributed by atoms with Crippen LogP contribution in [0.4, 0.5) is 14.6 Å². The Morgan fingerprint density at radius 3 is 2.81 bits per heavy atom. The molecule has 0 aliphatic carbocycles. The Bertz CT molecular complexity index is 413. The van der Waals surface area contributed by atoms with E-state index in [9.17, 15) is 13.6 Å². The molecule has 2 N–H and O–H groups in total. The Morgan fingerprint density at radius 1 is 1.69 bits per heavy atom. The maximum atomic E-state index is 12.5. The van der Waals surface area contributed by atoms with Gasteiger partial charge in [-0.2, -0.15) is 0 Å². The Morgan fingerprint density at radius 2 is 2.31 bits per heavy atom. The second kappa shape index (κ2) is 5.37. The van der Waals surface area contributed by atoms with Gasteiger partial charge in [-0.05, 0) is 34.2 Å². The van der Waals surface area contributed by atoms with Gasteiger partial charge in [-0.3, -0.25) is 4.79 Å². The van der Waals surface area contributed by atoms with Crippen LogP contribution < -0.4 is 5.73 Å². The molecule has 0 spiro atoms. The summed E-state index contributed by atoms with van der Waals surface area (Å²) in [6, 6.07) is 1.19. The van der Waals surface area contributed by atoms with E-state index in [1.165, 1.54) is 13.2 Å². The summed E-state index contributed by atoms with van der Waals surface area (Å²) in [6.07, 6.45) is -2.80. The predicted octanol–water partition coefficient (Wildman–Crippen LogP) is 1.92. The van der Waals surface area contributed by atoms with E-state index in [4.69, 9.17) is 5.73 Å². The number of hydrogen-bond donors (Lipinski definition) is 1. The zero-order chi connectivity index (χ0) is 12.3. The van der Waals surface area contributed by atoms with Crippen LogP contribution in [0.3, 0.4) is 0 Å². The van der Waals surface area contributed by atoms with Crippen LogP contribution in [0.5, 0.6) is 0 Å². The summed E-state index contributed by atoms with van der Waals surface area (Å²) in [5.74, 6) is -0.724. The van der Waals surface area contributed by atoms with Gasteiger partial charge in [0.25, 0.3) is 6.43 Å². The van der Waals surface area contributed by atoms with E-state index in [1.807, 2.05) is 22.6 Å². The van der Waals surface area contributed by atoms with E-state index in [2.05, 4.69) is 9.72 Å². The van der Waals surface area contributed by atoms with Crippen molar-refractivity contribution in [3.05, 3.63) is 20.9 Å². The van der Waals surface area contributed by atoms with Crippen LogP contribution in [0.2, 0.25) is 0 Å². The number of pyridine rings is 1. The molecule has 0 bridgehead atoms. The average Bonchev–Trinajstić information content (AvgIpc) is 2.21. The van der Waals surface area contributed by atoms with Gasteiger partial charge >= 0.3 is 5.97 Å². The molecule has 1 rings (SSSR count). The molecule has 7 heteroatoms. The maximum absolute atomic E-state index is 12.5. The number of ether oxygens (including phenoxy) is 1. The highest BCUT2D eigenvalue weighted by atomic mass is 127. The first kappa shape index (κ1) is 13.1. The number of rotatable bonds is 3. The van der Waals surface area contributed by atoms with Crippen molar-refractivity contribution in [3.63, 3.8) is 0 Å². The van der Waals surface area contributed by atoms with Crippen LogP contribution in [-0.4, -0.2) is 18.1 Å². The lowest BCUT2D eigenvalue weighted by atomic mass is 10.1. The zero-order valence-electron chi connectivity index (χ0n) is 8.34. The summed E-state index contributed by atoms with van der Waals surface area (Å²) < 4.78 is 29.9. The number of hydrogen-bond acceptors (Lipinski definition) is 4. The molecule has 88 valence electrons. The summed E-state index contributed by atoms with van der Waals surface area (Å²) in [4.78, 5) is 14.8. The number of anilines is 1. The molecule has 0 amide bonds. The summed E-state index contributed by atoms with van der Waals surface area (Å²) in [5.41, 5.74) is 5.37. The standard InChI is InChI=1S/C9H9F2IN2O2/c1-16-6(15)3-4-2-5(7(10)11)9(13)14-8(4)12/h2,7H,3H2,1H3,(H2,13,14). The van der Waals surface area contributed by atoms with Gasteiger partial charge in [0, 0.05) is 0 Å². The molecule has 0 aliphatic heterocycles. The van der Waals surface area contributed by atoms with Crippen molar-refractivity contribution in [1.82, 2.24) is 4.98 Å². The van der Waals surface area contributed by atoms with E-state index < -0.39 is 12.4 Å². The Labute approximate surface area is 104 Å². The highest BCUT2D eigenvalue weighted by Gasteiger charge is 2.17. The third kappa shape index (κ3) is 3.00. The number of carbonyl (C=O) groups excluding carboxylic acids is 1. The summed E-state index contributed by atoms with van der Waals surface area (Å²) in [5, 5.41) is 0. The minimum atomic E-state index is -2.71. The number of nitrogen functional groups attached to an aromatic ring is 1. The minimum Gasteiger partial charge on any atom is -0.469 e. The van der Waals surface area contributed by atoms with E-state index in [0.717, 1.165) is 0 Å². The van der Waals surface area contributed by atoms with Gasteiger partial charge in [-0.25, -0.2) is 13.8 Å². The van der Waals surface area contributed by atoms with Gasteiger partial charge in [-0.15, -0.1) is 0 Å². The van der Waals surface area contributed by atoms with Crippen molar-refractivity contribution in [2.24, 2.45) is 0 Å². The number of esters is 1. The number of aromatic nitrogens is 1. The topological polar surface area (TPSA) is 65.2 Å². The third-order valence-electron chi connectivity index (χ3n) is 1.91. The van der Waals surface area contributed by atoms with E-state index >= 15 is 0 Å². The van der Waals surface area contributed by atoms with Gasteiger partial charge in [0.2, 0.25) is 0 Å². The molecule has 1 aromatic heterocycles. The molecule has 0 saturated heterocycles. The number of alkyl halides is 2. The number of nitrogens with two attached hydrogens (primary N) is 1. The molecular weight excluding hydrogens is 333 g/mol. The van der Waals surface area contributed by atoms with Gasteiger partial charge in [0.15, 0.2) is 0 Å². The fraction of sp³-hybridized carbons (Fsp3) is 0.333. The Balaban J connectivity index is 3.09. The van der Waals surface area contributed by atoms with Gasteiger partial charge in [-0.1, -0.05) is 0 Å². The molecule has 16 heavy (non-hydrogen) atoms. The van der Waals surface area contributed by atoms with Crippen LogP contribution in [0, 0.1) is 3.70 Å². The number of nitrogens with zero attached hydrogens (tertiary/aromatic N) is 1. The predicted molar refractivity (Wildman–Crippen MR) is 62.0 cm³/mol. The van der Waals surface area contributed by atoms with Crippen molar-refractivity contribution < 1.29 is 18.3 Å². The summed E-state index contributed by atoms with van der Waals surface area (Å²) >= 11 is 1.83. The number of methoxy groups -OCH3 is 1. The molecule has 1 aromatic rings. The quantitative estimate of drug-likeness (QED) is 0.518. The molecule has 4 nitrogen and oxygen atoms in total. The minimum absolute atomic E-state index is 0.0955. The molecule has 0 saturated carbocycles. The van der Waals surface area contributed by atoms with E-state index in [1.54, 1.807) is 0 Å².